The van der Waals surface area contributed by atoms with Crippen LogP contribution >= 0.6 is 11.6 Å². The van der Waals surface area contributed by atoms with Gasteiger partial charge in [-0.25, -0.2) is 0 Å². The van der Waals surface area contributed by atoms with Gasteiger partial charge in [0.1, 0.15) is 0 Å². The summed E-state index contributed by atoms with van der Waals surface area (Å²) in [7, 11) is -1.78. The number of rotatable bonds is 3. The first kappa shape index (κ1) is 19.0. The van der Waals surface area contributed by atoms with Crippen molar-refractivity contribution in [2.75, 3.05) is 11.4 Å². The lowest BCUT2D eigenvalue weighted by Crippen LogP contribution is -2.53. The van der Waals surface area contributed by atoms with Crippen LogP contribution in [-0.2, 0) is 4.43 Å². The molecule has 0 radical (unpaired) electrons. The smallest absolute Gasteiger partial charge is 0.192 e. The third-order valence-electron chi connectivity index (χ3n) is 6.20. The molecule has 0 amide bonds. The van der Waals surface area contributed by atoms with Crippen LogP contribution in [0.4, 0.5) is 5.69 Å². The molecular weight excluding hydrogens is 346 g/mol. The van der Waals surface area contributed by atoms with E-state index in [1.54, 1.807) is 0 Å². The van der Waals surface area contributed by atoms with Crippen LogP contribution in [0.2, 0.25) is 18.1 Å². The predicted molar refractivity (Wildman–Crippen MR) is 112 cm³/mol. The molecule has 1 aliphatic carbocycles. The second-order valence-corrected chi connectivity index (χ2v) is 14.3. The van der Waals surface area contributed by atoms with E-state index in [2.05, 4.69) is 69.1 Å². The topological polar surface area (TPSA) is 12.5 Å². The Bertz CT molecular complexity index is 650. The summed E-state index contributed by atoms with van der Waals surface area (Å²) >= 11 is 6.50. The molecule has 1 aromatic carbocycles. The van der Waals surface area contributed by atoms with Gasteiger partial charge < -0.3 is 9.33 Å². The Morgan fingerprint density at radius 2 is 1.80 bits per heavy atom. The second-order valence-electron chi connectivity index (χ2n) is 9.05. The number of hydrogen-bond acceptors (Lipinski definition) is 2. The average molecular weight is 378 g/mol. The van der Waals surface area contributed by atoms with E-state index >= 15 is 0 Å². The summed E-state index contributed by atoms with van der Waals surface area (Å²) in [5.74, 6) is 0. The molecule has 1 fully saturated rings. The van der Waals surface area contributed by atoms with Gasteiger partial charge in [-0.2, -0.15) is 0 Å². The minimum atomic E-state index is -1.78. The maximum Gasteiger partial charge on any atom is 0.192 e. The van der Waals surface area contributed by atoms with E-state index in [9.17, 15) is 0 Å². The lowest BCUT2D eigenvalue weighted by Gasteiger charge is -2.47. The molecule has 2 aliphatic rings. The Kier molecular flexibility index (Phi) is 5.39. The SMILES string of the molecule is CC(C)(C)[Si](C)(C)O[C@H]1CCCC[C@@H]1N1CC(Cl)=Cc2ccccc21. The zero-order valence-electron chi connectivity index (χ0n) is 16.3. The molecule has 0 aromatic heterocycles. The lowest BCUT2D eigenvalue weighted by atomic mass is 9.90. The van der Waals surface area contributed by atoms with Gasteiger partial charge in [-0.3, -0.25) is 0 Å². The number of benzene rings is 1. The summed E-state index contributed by atoms with van der Waals surface area (Å²) in [6.45, 7) is 12.5. The van der Waals surface area contributed by atoms with E-state index in [1.165, 1.54) is 30.5 Å². The zero-order valence-corrected chi connectivity index (χ0v) is 18.1. The fraction of sp³-hybridized carbons (Fsp3) is 0.619. The number of fused-ring (bicyclic) bond motifs is 1. The number of para-hydroxylation sites is 1. The van der Waals surface area contributed by atoms with Crippen LogP contribution in [0, 0.1) is 0 Å². The Hall–Kier alpha value is -0.773. The molecule has 0 saturated heterocycles. The fourth-order valence-corrected chi connectivity index (χ4v) is 5.39. The average Bonchev–Trinajstić information content (AvgIpc) is 2.53. The van der Waals surface area contributed by atoms with Crippen LogP contribution < -0.4 is 4.90 Å². The highest BCUT2D eigenvalue weighted by Gasteiger charge is 2.42. The van der Waals surface area contributed by atoms with Crippen LogP contribution in [0.5, 0.6) is 0 Å². The van der Waals surface area contributed by atoms with E-state index in [0.29, 0.717) is 12.1 Å². The van der Waals surface area contributed by atoms with Crippen LogP contribution in [0.3, 0.4) is 0 Å². The normalized spacial score (nSPS) is 24.7. The first-order valence-electron chi connectivity index (χ1n) is 9.58. The van der Waals surface area contributed by atoms with Crippen molar-refractivity contribution in [1.29, 1.82) is 0 Å². The van der Waals surface area contributed by atoms with E-state index in [4.69, 9.17) is 16.0 Å². The molecule has 0 spiro atoms. The summed E-state index contributed by atoms with van der Waals surface area (Å²) in [6.07, 6.45) is 7.33. The summed E-state index contributed by atoms with van der Waals surface area (Å²) in [5, 5.41) is 1.17. The number of hydrogen-bond donors (Lipinski definition) is 0. The van der Waals surface area contributed by atoms with Crippen LogP contribution in [0.25, 0.3) is 6.08 Å². The standard InChI is InChI=1S/C21H32ClNOSi/c1-21(2,3)25(4,5)24-20-13-9-8-12-19(20)23-15-17(22)14-16-10-6-7-11-18(16)23/h6-7,10-11,14,19-20H,8-9,12-13,15H2,1-5H3/t19-,20-/m0/s1. The van der Waals surface area contributed by atoms with Gasteiger partial charge in [0.2, 0.25) is 0 Å². The minimum absolute atomic E-state index is 0.242. The summed E-state index contributed by atoms with van der Waals surface area (Å²) in [5.41, 5.74) is 2.54. The molecule has 0 N–H and O–H groups in total. The van der Waals surface area contributed by atoms with Crippen molar-refractivity contribution in [1.82, 2.24) is 0 Å². The minimum Gasteiger partial charge on any atom is -0.412 e. The highest BCUT2D eigenvalue weighted by atomic mass is 35.5. The fourth-order valence-electron chi connectivity index (χ4n) is 3.76. The number of halogens is 1. The van der Waals surface area contributed by atoms with Crippen molar-refractivity contribution in [3.05, 3.63) is 34.9 Å². The third kappa shape index (κ3) is 3.99. The molecule has 2 atom stereocenters. The molecule has 138 valence electrons. The number of anilines is 1. The Balaban J connectivity index is 1.88. The molecule has 1 aromatic rings. The first-order chi connectivity index (χ1) is 11.7. The van der Waals surface area contributed by atoms with Crippen LogP contribution in [0.15, 0.2) is 29.3 Å². The molecule has 1 aliphatic heterocycles. The highest BCUT2D eigenvalue weighted by molar-refractivity contribution is 6.74. The Labute approximate surface area is 159 Å². The molecule has 1 heterocycles. The monoisotopic (exact) mass is 377 g/mol. The van der Waals surface area contributed by atoms with Crippen molar-refractivity contribution in [3.63, 3.8) is 0 Å². The van der Waals surface area contributed by atoms with E-state index in [-0.39, 0.29) is 5.04 Å². The van der Waals surface area contributed by atoms with Crippen molar-refractivity contribution in [3.8, 4) is 0 Å². The van der Waals surface area contributed by atoms with Crippen molar-refractivity contribution >= 4 is 31.7 Å². The number of nitrogens with zero attached hydrogens (tertiary/aromatic N) is 1. The highest BCUT2D eigenvalue weighted by Crippen LogP contribution is 2.41. The van der Waals surface area contributed by atoms with Gasteiger partial charge in [0.15, 0.2) is 8.32 Å². The summed E-state index contributed by atoms with van der Waals surface area (Å²) < 4.78 is 6.89. The summed E-state index contributed by atoms with van der Waals surface area (Å²) in [4.78, 5) is 2.51. The van der Waals surface area contributed by atoms with Gasteiger partial charge in [0.25, 0.3) is 0 Å². The molecule has 0 unspecified atom stereocenters. The van der Waals surface area contributed by atoms with E-state index in [0.717, 1.165) is 18.0 Å². The van der Waals surface area contributed by atoms with Gasteiger partial charge in [0, 0.05) is 10.7 Å². The van der Waals surface area contributed by atoms with Crippen molar-refractivity contribution < 1.29 is 4.43 Å². The molecule has 0 bridgehead atoms. The quantitative estimate of drug-likeness (QED) is 0.563. The van der Waals surface area contributed by atoms with Crippen molar-refractivity contribution in [2.24, 2.45) is 0 Å². The maximum absolute atomic E-state index is 6.89. The van der Waals surface area contributed by atoms with Gasteiger partial charge in [0.05, 0.1) is 18.7 Å². The third-order valence-corrected chi connectivity index (χ3v) is 10.9. The second kappa shape index (κ2) is 7.09. The molecule has 1 saturated carbocycles. The zero-order chi connectivity index (χ0) is 18.2. The molecule has 3 rings (SSSR count). The van der Waals surface area contributed by atoms with Crippen molar-refractivity contribution in [2.45, 2.75) is 76.7 Å². The molecule has 2 nitrogen and oxygen atoms in total. The molecular formula is C21H32ClNOSi. The molecule has 25 heavy (non-hydrogen) atoms. The first-order valence-corrected chi connectivity index (χ1v) is 12.9. The Morgan fingerprint density at radius 3 is 2.52 bits per heavy atom. The van der Waals surface area contributed by atoms with Gasteiger partial charge in [-0.1, -0.05) is 63.4 Å². The largest absolute Gasteiger partial charge is 0.412 e. The van der Waals surface area contributed by atoms with Crippen LogP contribution in [0.1, 0.15) is 52.0 Å². The van der Waals surface area contributed by atoms with E-state index in [1.807, 2.05) is 0 Å². The van der Waals surface area contributed by atoms with Gasteiger partial charge in [-0.05, 0) is 48.7 Å². The maximum atomic E-state index is 6.89. The Morgan fingerprint density at radius 1 is 1.12 bits per heavy atom. The lowest BCUT2D eigenvalue weighted by molar-refractivity contribution is 0.113. The van der Waals surface area contributed by atoms with E-state index < -0.39 is 8.32 Å². The summed E-state index contributed by atoms with van der Waals surface area (Å²) in [6, 6.07) is 9.04. The van der Waals surface area contributed by atoms with Gasteiger partial charge >= 0.3 is 0 Å². The molecule has 4 heteroatoms. The predicted octanol–water partition coefficient (Wildman–Crippen LogP) is 6.42. The van der Waals surface area contributed by atoms with Gasteiger partial charge in [-0.15, -0.1) is 0 Å². The van der Waals surface area contributed by atoms with Crippen LogP contribution in [-0.4, -0.2) is 27.0 Å².